The molecule has 2 rings (SSSR count). The van der Waals surface area contributed by atoms with Crippen molar-refractivity contribution in [1.29, 1.82) is 0 Å². The maximum Gasteiger partial charge on any atom is 0.407 e. The molecule has 0 spiro atoms. The van der Waals surface area contributed by atoms with E-state index in [0.29, 0.717) is 17.5 Å². The summed E-state index contributed by atoms with van der Waals surface area (Å²) in [6.07, 6.45) is 2.50. The molecule has 2 N–H and O–H groups in total. The van der Waals surface area contributed by atoms with Gasteiger partial charge in [-0.25, -0.2) is 4.79 Å². The molecule has 0 unspecified atom stereocenters. The molecule has 2 amide bonds. The minimum absolute atomic E-state index is 0.257. The van der Waals surface area contributed by atoms with Crippen molar-refractivity contribution in [2.75, 3.05) is 33.3 Å². The highest BCUT2D eigenvalue weighted by molar-refractivity contribution is 6.33. The number of rotatable bonds is 7. The molecule has 1 heterocycles. The van der Waals surface area contributed by atoms with Crippen molar-refractivity contribution < 1.29 is 14.3 Å². The molecule has 6 nitrogen and oxygen atoms in total. The van der Waals surface area contributed by atoms with Crippen molar-refractivity contribution >= 4 is 35.2 Å². The fourth-order valence-electron chi connectivity index (χ4n) is 2.97. The van der Waals surface area contributed by atoms with Crippen LogP contribution in [0.15, 0.2) is 18.2 Å². The number of amides is 2. The van der Waals surface area contributed by atoms with Gasteiger partial charge in [-0.15, -0.1) is 0 Å². The number of piperidine rings is 1. The number of hydrogen-bond donors (Lipinski definition) is 2. The minimum atomic E-state index is -0.554. The van der Waals surface area contributed by atoms with Gasteiger partial charge in [0.05, 0.1) is 0 Å². The van der Waals surface area contributed by atoms with Gasteiger partial charge in [0.15, 0.2) is 6.61 Å². The number of alkyl carbamates (subject to hydrolysis) is 1. The predicted molar refractivity (Wildman–Crippen MR) is 102 cm³/mol. The molecule has 1 fully saturated rings. The molecular formula is C18H25Cl2N3O3. The monoisotopic (exact) mass is 401 g/mol. The topological polar surface area (TPSA) is 70.7 Å². The number of halogens is 2. The Balaban J connectivity index is 1.63. The lowest BCUT2D eigenvalue weighted by molar-refractivity contribution is -0.123. The van der Waals surface area contributed by atoms with E-state index in [1.807, 2.05) is 12.1 Å². The molecule has 1 aromatic carbocycles. The summed E-state index contributed by atoms with van der Waals surface area (Å²) < 4.78 is 4.79. The van der Waals surface area contributed by atoms with Crippen molar-refractivity contribution in [3.05, 3.63) is 33.8 Å². The summed E-state index contributed by atoms with van der Waals surface area (Å²) in [5.41, 5.74) is 1.05. The fraction of sp³-hybridized carbons (Fsp3) is 0.556. The van der Waals surface area contributed by atoms with E-state index < -0.39 is 6.09 Å². The summed E-state index contributed by atoms with van der Waals surface area (Å²) in [7, 11) is 1.50. The lowest BCUT2D eigenvalue weighted by Gasteiger charge is -2.32. The summed E-state index contributed by atoms with van der Waals surface area (Å²) in [5.74, 6) is 0.243. The quantitative estimate of drug-likeness (QED) is 0.736. The third kappa shape index (κ3) is 7.02. The van der Waals surface area contributed by atoms with Crippen LogP contribution in [0.25, 0.3) is 0 Å². The zero-order valence-corrected chi connectivity index (χ0v) is 16.4. The number of nitrogens with one attached hydrogen (secondary N) is 2. The van der Waals surface area contributed by atoms with Crippen molar-refractivity contribution in [1.82, 2.24) is 15.5 Å². The van der Waals surface area contributed by atoms with E-state index >= 15 is 0 Å². The number of likely N-dealkylation sites (N-methyl/N-ethyl adjacent to an activating group) is 1. The van der Waals surface area contributed by atoms with Crippen LogP contribution in [-0.4, -0.2) is 50.2 Å². The van der Waals surface area contributed by atoms with E-state index in [0.717, 1.165) is 49.5 Å². The molecule has 1 aliphatic heterocycles. The number of benzene rings is 1. The van der Waals surface area contributed by atoms with Crippen LogP contribution in [0.2, 0.25) is 10.0 Å². The van der Waals surface area contributed by atoms with Crippen molar-refractivity contribution in [3.63, 3.8) is 0 Å². The highest BCUT2D eigenvalue weighted by atomic mass is 35.5. The SMILES string of the molecule is CNC(=O)COC(=O)NCCC1CCN(Cc2cc(Cl)ccc2Cl)CC1. The Hall–Kier alpha value is -1.50. The zero-order chi connectivity index (χ0) is 18.9. The minimum Gasteiger partial charge on any atom is -0.439 e. The Morgan fingerprint density at radius 3 is 2.69 bits per heavy atom. The average Bonchev–Trinajstić information content (AvgIpc) is 2.64. The van der Waals surface area contributed by atoms with Crippen LogP contribution >= 0.6 is 23.2 Å². The summed E-state index contributed by atoms with van der Waals surface area (Å²) in [6.45, 7) is 3.09. The third-order valence-corrected chi connectivity index (χ3v) is 5.15. The Labute approximate surface area is 164 Å². The number of ether oxygens (including phenoxy) is 1. The van der Waals surface area contributed by atoms with Crippen LogP contribution in [0, 0.1) is 5.92 Å². The summed E-state index contributed by atoms with van der Waals surface area (Å²) in [4.78, 5) is 24.9. The number of carbonyl (C=O) groups is 2. The first-order valence-electron chi connectivity index (χ1n) is 8.75. The molecule has 1 saturated heterocycles. The van der Waals surface area contributed by atoms with Gasteiger partial charge in [-0.2, -0.15) is 0 Å². The molecule has 0 aliphatic carbocycles. The van der Waals surface area contributed by atoms with Crippen molar-refractivity contribution in [2.45, 2.75) is 25.8 Å². The van der Waals surface area contributed by atoms with Crippen LogP contribution in [0.3, 0.4) is 0 Å². The molecule has 0 atom stereocenters. The number of nitrogens with zero attached hydrogens (tertiary/aromatic N) is 1. The third-order valence-electron chi connectivity index (χ3n) is 4.54. The van der Waals surface area contributed by atoms with Gasteiger partial charge in [-0.1, -0.05) is 23.2 Å². The first kappa shape index (κ1) is 20.8. The second kappa shape index (κ2) is 10.6. The normalized spacial score (nSPS) is 15.5. The molecule has 8 heteroatoms. The van der Waals surface area contributed by atoms with Crippen molar-refractivity contribution in [3.8, 4) is 0 Å². The summed E-state index contributed by atoms with van der Waals surface area (Å²) in [6, 6.07) is 5.55. The largest absolute Gasteiger partial charge is 0.439 e. The molecule has 1 aromatic rings. The van der Waals surface area contributed by atoms with Gasteiger partial charge in [0.2, 0.25) is 0 Å². The van der Waals surface area contributed by atoms with E-state index in [1.54, 1.807) is 6.07 Å². The Kier molecular flexibility index (Phi) is 8.48. The van der Waals surface area contributed by atoms with Crippen LogP contribution in [0.5, 0.6) is 0 Å². The van der Waals surface area contributed by atoms with Gasteiger partial charge in [0, 0.05) is 30.2 Å². The first-order valence-corrected chi connectivity index (χ1v) is 9.51. The van der Waals surface area contributed by atoms with Gasteiger partial charge >= 0.3 is 6.09 Å². The van der Waals surface area contributed by atoms with E-state index in [-0.39, 0.29) is 12.5 Å². The Morgan fingerprint density at radius 2 is 2.00 bits per heavy atom. The summed E-state index contributed by atoms with van der Waals surface area (Å²) >= 11 is 12.3. The predicted octanol–water partition coefficient (Wildman–Crippen LogP) is 3.07. The fourth-order valence-corrected chi connectivity index (χ4v) is 3.34. The first-order chi connectivity index (χ1) is 12.5. The van der Waals surface area contributed by atoms with E-state index in [9.17, 15) is 9.59 Å². The van der Waals surface area contributed by atoms with Gasteiger partial charge in [0.1, 0.15) is 0 Å². The zero-order valence-electron chi connectivity index (χ0n) is 14.9. The van der Waals surface area contributed by atoms with Gasteiger partial charge < -0.3 is 15.4 Å². The van der Waals surface area contributed by atoms with Gasteiger partial charge in [-0.3, -0.25) is 9.69 Å². The van der Waals surface area contributed by atoms with Crippen LogP contribution in [0.1, 0.15) is 24.8 Å². The smallest absolute Gasteiger partial charge is 0.407 e. The highest BCUT2D eigenvalue weighted by Gasteiger charge is 2.20. The lowest BCUT2D eigenvalue weighted by Crippen LogP contribution is -2.35. The Morgan fingerprint density at radius 1 is 1.27 bits per heavy atom. The maximum absolute atomic E-state index is 11.5. The molecule has 0 saturated carbocycles. The van der Waals surface area contributed by atoms with Crippen LogP contribution < -0.4 is 10.6 Å². The molecule has 1 aliphatic rings. The lowest BCUT2D eigenvalue weighted by atomic mass is 9.93. The summed E-state index contributed by atoms with van der Waals surface area (Å²) in [5, 5.41) is 6.53. The number of likely N-dealkylation sites (tertiary alicyclic amines) is 1. The Bertz CT molecular complexity index is 620. The second-order valence-corrected chi connectivity index (χ2v) is 7.26. The molecule has 0 radical (unpaired) electrons. The van der Waals surface area contributed by atoms with E-state index in [2.05, 4.69) is 15.5 Å². The second-order valence-electron chi connectivity index (χ2n) is 6.42. The number of carbonyl (C=O) groups excluding carboxylic acids is 2. The molecule has 0 bridgehead atoms. The number of hydrogen-bond acceptors (Lipinski definition) is 4. The molecule has 0 aromatic heterocycles. The van der Waals surface area contributed by atoms with Crippen LogP contribution in [-0.2, 0) is 16.1 Å². The van der Waals surface area contributed by atoms with Gasteiger partial charge in [0.25, 0.3) is 5.91 Å². The molecular weight excluding hydrogens is 377 g/mol. The van der Waals surface area contributed by atoms with E-state index in [4.69, 9.17) is 27.9 Å². The van der Waals surface area contributed by atoms with Crippen molar-refractivity contribution in [2.24, 2.45) is 5.92 Å². The van der Waals surface area contributed by atoms with Gasteiger partial charge in [-0.05, 0) is 62.0 Å². The maximum atomic E-state index is 11.5. The van der Waals surface area contributed by atoms with E-state index in [1.165, 1.54) is 7.05 Å². The van der Waals surface area contributed by atoms with Crippen LogP contribution in [0.4, 0.5) is 4.79 Å². The average molecular weight is 402 g/mol. The molecule has 26 heavy (non-hydrogen) atoms. The standard InChI is InChI=1S/C18H25Cl2N3O3/c1-21-17(24)12-26-18(25)22-7-4-13-5-8-23(9-6-13)11-14-10-15(19)2-3-16(14)20/h2-3,10,13H,4-9,11-12H2,1H3,(H,21,24)(H,22,25). The molecule has 144 valence electrons. The highest BCUT2D eigenvalue weighted by Crippen LogP contribution is 2.25.